The van der Waals surface area contributed by atoms with Gasteiger partial charge in [-0.15, -0.1) is 11.8 Å². The van der Waals surface area contributed by atoms with Crippen LogP contribution in [0.2, 0.25) is 5.02 Å². The molecule has 0 aromatic heterocycles. The van der Waals surface area contributed by atoms with Crippen LogP contribution in [0.1, 0.15) is 5.56 Å². The fourth-order valence-corrected chi connectivity index (χ4v) is 3.62. The molecule has 0 fully saturated rings. The number of halogens is 2. The zero-order valence-corrected chi connectivity index (χ0v) is 14.1. The lowest BCUT2D eigenvalue weighted by molar-refractivity contribution is 0.382. The molecule has 3 N–H and O–H groups in total. The Bertz CT molecular complexity index is 592. The van der Waals surface area contributed by atoms with E-state index in [1.165, 1.54) is 6.07 Å². The van der Waals surface area contributed by atoms with Crippen molar-refractivity contribution in [3.8, 4) is 0 Å². The highest BCUT2D eigenvalue weighted by molar-refractivity contribution is 7.99. The van der Waals surface area contributed by atoms with E-state index in [1.54, 1.807) is 17.8 Å². The molecule has 0 saturated heterocycles. The number of nitrogens with one attached hydrogen (secondary N) is 1. The van der Waals surface area contributed by atoms with E-state index >= 15 is 0 Å². The van der Waals surface area contributed by atoms with Crippen LogP contribution in [0.25, 0.3) is 0 Å². The Morgan fingerprint density at radius 2 is 2.33 bits per heavy atom. The van der Waals surface area contributed by atoms with Crippen molar-refractivity contribution in [2.75, 3.05) is 26.4 Å². The Hall–Kier alpha value is -0.890. The summed E-state index contributed by atoms with van der Waals surface area (Å²) < 4.78 is 13.8. The molecule has 0 aliphatic carbocycles. The Morgan fingerprint density at radius 3 is 2.95 bits per heavy atom. The van der Waals surface area contributed by atoms with Gasteiger partial charge in [0.25, 0.3) is 0 Å². The van der Waals surface area contributed by atoms with Crippen LogP contribution in [-0.4, -0.2) is 42.1 Å². The highest BCUT2D eigenvalue weighted by Crippen LogP contribution is 2.36. The van der Waals surface area contributed by atoms with E-state index in [0.29, 0.717) is 0 Å². The van der Waals surface area contributed by atoms with Crippen molar-refractivity contribution in [3.05, 3.63) is 28.5 Å². The van der Waals surface area contributed by atoms with Gasteiger partial charge in [0.15, 0.2) is 5.11 Å². The maximum atomic E-state index is 13.8. The van der Waals surface area contributed by atoms with Crippen LogP contribution in [0.4, 0.5) is 4.39 Å². The molecular formula is C13H16ClFN4S2. The number of nitrogens with zero attached hydrogens (tertiary/aromatic N) is 2. The molecule has 4 nitrogen and oxygen atoms in total. The molecule has 1 aliphatic rings. The summed E-state index contributed by atoms with van der Waals surface area (Å²) in [4.78, 5) is 2.98. The first-order chi connectivity index (χ1) is 9.88. The number of benzene rings is 1. The molecule has 1 aromatic rings. The average molecular weight is 347 g/mol. The third-order valence-corrected chi connectivity index (χ3v) is 4.60. The van der Waals surface area contributed by atoms with Gasteiger partial charge in [-0.2, -0.15) is 5.10 Å². The van der Waals surface area contributed by atoms with Gasteiger partial charge >= 0.3 is 0 Å². The van der Waals surface area contributed by atoms with Crippen LogP contribution in [0.5, 0.6) is 0 Å². The summed E-state index contributed by atoms with van der Waals surface area (Å²) in [5.41, 5.74) is 9.53. The smallest absolute Gasteiger partial charge is 0.184 e. The third-order valence-electron chi connectivity index (χ3n) is 3.00. The highest BCUT2D eigenvalue weighted by atomic mass is 35.5. The third kappa shape index (κ3) is 4.06. The minimum Gasteiger partial charge on any atom is -0.375 e. The first-order valence-electron chi connectivity index (χ1n) is 6.28. The summed E-state index contributed by atoms with van der Waals surface area (Å²) >= 11 is 12.3. The summed E-state index contributed by atoms with van der Waals surface area (Å²) in [6.45, 7) is 0.800. The second kappa shape index (κ2) is 6.91. The number of hydrazone groups is 1. The fourth-order valence-electron chi connectivity index (χ4n) is 2.18. The van der Waals surface area contributed by atoms with Gasteiger partial charge in [-0.25, -0.2) is 4.39 Å². The number of thiocarbonyl (C=S) groups is 1. The molecule has 21 heavy (non-hydrogen) atoms. The molecule has 2 rings (SSSR count). The normalized spacial score (nSPS) is 19.7. The number of thioether (sulfide) groups is 1. The Kier molecular flexibility index (Phi) is 5.43. The van der Waals surface area contributed by atoms with Crippen LogP contribution in [-0.2, 0) is 0 Å². The average Bonchev–Trinajstić information content (AvgIpc) is 2.38. The molecule has 0 bridgehead atoms. The van der Waals surface area contributed by atoms with E-state index in [9.17, 15) is 4.39 Å². The maximum absolute atomic E-state index is 13.8. The number of hydrogen-bond acceptors (Lipinski definition) is 4. The zero-order valence-electron chi connectivity index (χ0n) is 11.7. The second-order valence-electron chi connectivity index (χ2n) is 5.01. The van der Waals surface area contributed by atoms with E-state index in [4.69, 9.17) is 29.6 Å². The summed E-state index contributed by atoms with van der Waals surface area (Å²) in [7, 11) is 3.97. The summed E-state index contributed by atoms with van der Waals surface area (Å²) in [5.74, 6) is 0.537. The molecule has 1 aromatic carbocycles. The van der Waals surface area contributed by atoms with Gasteiger partial charge in [-0.1, -0.05) is 11.6 Å². The molecule has 0 saturated carbocycles. The standard InChI is InChI=1S/C13H16ClFN4S2/c1-19(2)5-7-6-21-11-4-9(14)10(15)3-8(11)12(7)17-18-13(16)20/h3-4,7H,5-6H2,1-2H3,(H3,16,18,20). The molecule has 1 unspecified atom stereocenters. The van der Waals surface area contributed by atoms with Gasteiger partial charge in [0.05, 0.1) is 10.7 Å². The topological polar surface area (TPSA) is 53.6 Å². The Morgan fingerprint density at radius 1 is 1.62 bits per heavy atom. The molecule has 0 radical (unpaired) electrons. The molecule has 1 heterocycles. The van der Waals surface area contributed by atoms with Crippen LogP contribution in [0.15, 0.2) is 22.1 Å². The molecule has 114 valence electrons. The SMILES string of the molecule is CN(C)CC1CSc2cc(Cl)c(F)cc2C1=NNC(N)=S. The van der Waals surface area contributed by atoms with Crippen molar-refractivity contribution in [3.63, 3.8) is 0 Å². The minimum absolute atomic E-state index is 0.0836. The lowest BCUT2D eigenvalue weighted by Crippen LogP contribution is -2.35. The number of fused-ring (bicyclic) bond motifs is 1. The van der Waals surface area contributed by atoms with Crippen molar-refractivity contribution in [1.29, 1.82) is 0 Å². The van der Waals surface area contributed by atoms with Crippen molar-refractivity contribution >= 4 is 46.4 Å². The highest BCUT2D eigenvalue weighted by Gasteiger charge is 2.28. The predicted molar refractivity (Wildman–Crippen MR) is 90.6 cm³/mol. The molecule has 8 heteroatoms. The molecule has 1 atom stereocenters. The lowest BCUT2D eigenvalue weighted by atomic mass is 9.97. The zero-order chi connectivity index (χ0) is 15.6. The van der Waals surface area contributed by atoms with E-state index in [2.05, 4.69) is 15.4 Å². The van der Waals surface area contributed by atoms with Gasteiger partial charge in [0, 0.05) is 28.7 Å². The fraction of sp³-hybridized carbons (Fsp3) is 0.385. The van der Waals surface area contributed by atoms with Crippen molar-refractivity contribution < 1.29 is 4.39 Å². The quantitative estimate of drug-likeness (QED) is 0.649. The summed E-state index contributed by atoms with van der Waals surface area (Å²) in [5, 5.41) is 4.48. The van der Waals surface area contributed by atoms with Gasteiger partial charge in [-0.05, 0) is 38.4 Å². The van der Waals surface area contributed by atoms with E-state index < -0.39 is 5.82 Å². The Balaban J connectivity index is 2.44. The van der Waals surface area contributed by atoms with Gasteiger partial charge < -0.3 is 10.6 Å². The van der Waals surface area contributed by atoms with Gasteiger partial charge in [0.1, 0.15) is 5.82 Å². The molecular weight excluding hydrogens is 331 g/mol. The van der Waals surface area contributed by atoms with Crippen LogP contribution < -0.4 is 11.2 Å². The van der Waals surface area contributed by atoms with Crippen molar-refractivity contribution in [1.82, 2.24) is 10.3 Å². The Labute approximate surface area is 137 Å². The molecule has 0 spiro atoms. The van der Waals surface area contributed by atoms with Crippen molar-refractivity contribution in [2.24, 2.45) is 16.8 Å². The number of hydrogen-bond donors (Lipinski definition) is 2. The number of rotatable bonds is 3. The van der Waals surface area contributed by atoms with Gasteiger partial charge in [-0.3, -0.25) is 5.43 Å². The monoisotopic (exact) mass is 346 g/mol. The second-order valence-corrected chi connectivity index (χ2v) is 6.91. The largest absolute Gasteiger partial charge is 0.375 e. The first kappa shape index (κ1) is 16.5. The first-order valence-corrected chi connectivity index (χ1v) is 8.05. The molecule has 1 aliphatic heterocycles. The van der Waals surface area contributed by atoms with E-state index in [0.717, 1.165) is 28.5 Å². The summed E-state index contributed by atoms with van der Waals surface area (Å²) in [6.07, 6.45) is 0. The van der Waals surface area contributed by atoms with E-state index in [1.807, 2.05) is 14.1 Å². The van der Waals surface area contributed by atoms with Gasteiger partial charge in [0.2, 0.25) is 0 Å². The summed E-state index contributed by atoms with van der Waals surface area (Å²) in [6, 6.07) is 3.06. The minimum atomic E-state index is -0.454. The lowest BCUT2D eigenvalue weighted by Gasteiger charge is -2.28. The molecule has 0 amide bonds. The van der Waals surface area contributed by atoms with Crippen molar-refractivity contribution in [2.45, 2.75) is 4.90 Å². The number of nitrogens with two attached hydrogens (primary N) is 1. The van der Waals surface area contributed by atoms with Crippen LogP contribution in [0.3, 0.4) is 0 Å². The van der Waals surface area contributed by atoms with Crippen LogP contribution in [0, 0.1) is 11.7 Å². The van der Waals surface area contributed by atoms with Crippen LogP contribution >= 0.6 is 35.6 Å². The maximum Gasteiger partial charge on any atom is 0.184 e. The predicted octanol–water partition coefficient (Wildman–Crippen LogP) is 2.30. The van der Waals surface area contributed by atoms with E-state index in [-0.39, 0.29) is 16.1 Å².